The van der Waals surface area contributed by atoms with Gasteiger partial charge in [0.2, 0.25) is 35.4 Å². The molecule has 8 atom stereocenters. The number of aliphatic carboxylic acids is 2. The molecule has 0 spiro atoms. The van der Waals surface area contributed by atoms with Gasteiger partial charge in [-0.3, -0.25) is 48.3 Å². The van der Waals surface area contributed by atoms with Crippen LogP contribution in [0.25, 0.3) is 22.8 Å². The number of ether oxygens (including phenoxy) is 4. The molecule has 11 rings (SSSR count). The summed E-state index contributed by atoms with van der Waals surface area (Å²) in [5, 5.41) is 49.4. The summed E-state index contributed by atoms with van der Waals surface area (Å²) in [6.45, 7) is 4.58. The molecule has 2 fully saturated rings. The Labute approximate surface area is 771 Å². The minimum Gasteiger partial charge on any atom is -0.618 e. The monoisotopic (exact) mass is 1850 g/mol. The summed E-state index contributed by atoms with van der Waals surface area (Å²) in [5.74, 6) is -4.99. The maximum absolute atomic E-state index is 15.2. The number of hydrogen-bond acceptors (Lipinski definition) is 21. The lowest BCUT2D eigenvalue weighted by Gasteiger charge is -2.49. The molecule has 6 N–H and O–H groups in total. The number of nitrogens with one attached hydrogen (secondary N) is 4. The van der Waals surface area contributed by atoms with E-state index in [4.69, 9.17) is 65.4 Å². The van der Waals surface area contributed by atoms with E-state index in [1.807, 2.05) is 97.6 Å². The molecule has 7 heterocycles. The number of piperidine rings is 2. The lowest BCUT2D eigenvalue weighted by molar-refractivity contribution is -0.614. The Bertz CT molecular complexity index is 5420. The van der Waals surface area contributed by atoms with Crippen LogP contribution in [0.3, 0.4) is 0 Å². The highest BCUT2D eigenvalue weighted by atomic mass is 35.5. The summed E-state index contributed by atoms with van der Waals surface area (Å²) in [6, 6.07) is 30.4. The molecule has 129 heavy (non-hydrogen) atoms. The van der Waals surface area contributed by atoms with E-state index in [9.17, 15) is 34.6 Å². The van der Waals surface area contributed by atoms with Crippen molar-refractivity contribution in [3.05, 3.63) is 223 Å². The average Bonchev–Trinajstić information content (AvgIpc) is 1.64. The lowest BCUT2D eigenvalue weighted by atomic mass is 9.80. The number of halogens is 4. The van der Waals surface area contributed by atoms with Crippen molar-refractivity contribution in [2.24, 2.45) is 25.9 Å². The largest absolute Gasteiger partial charge is 0.618 e. The zero-order valence-corrected chi connectivity index (χ0v) is 77.6. The molecule has 0 bridgehead atoms. The van der Waals surface area contributed by atoms with Gasteiger partial charge in [-0.1, -0.05) is 82.8 Å². The van der Waals surface area contributed by atoms with Gasteiger partial charge in [0, 0.05) is 131 Å². The maximum Gasteiger partial charge on any atom is 0.304 e. The minimum absolute atomic E-state index is 0.00486. The molecule has 0 aliphatic carbocycles. The van der Waals surface area contributed by atoms with Gasteiger partial charge in [-0.15, -0.1) is 0 Å². The van der Waals surface area contributed by atoms with E-state index in [1.165, 1.54) is 52.1 Å². The number of carboxylic acid groups (broad SMARTS) is 2. The summed E-state index contributed by atoms with van der Waals surface area (Å²) in [4.78, 5) is 144. The third-order valence-corrected chi connectivity index (χ3v) is 24.7. The highest BCUT2D eigenvalue weighted by molar-refractivity contribution is 6.31. The molecular formula is C93H113Cl4N17O15. The smallest absolute Gasteiger partial charge is 0.304 e. The van der Waals surface area contributed by atoms with Crippen LogP contribution in [-0.4, -0.2) is 247 Å². The van der Waals surface area contributed by atoms with Crippen LogP contribution in [0.15, 0.2) is 152 Å². The molecule has 36 heteroatoms. The number of pyridine rings is 3. The van der Waals surface area contributed by atoms with E-state index in [0.29, 0.717) is 109 Å². The summed E-state index contributed by atoms with van der Waals surface area (Å²) in [7, 11) is 17.8. The van der Waals surface area contributed by atoms with Gasteiger partial charge in [-0.2, -0.15) is 4.73 Å². The van der Waals surface area contributed by atoms with Crippen LogP contribution in [0.1, 0.15) is 97.5 Å². The fraction of sp³-hybridized carbons (Fsp3) is 0.430. The summed E-state index contributed by atoms with van der Waals surface area (Å²) in [6.07, 6.45) is 7.87. The van der Waals surface area contributed by atoms with Gasteiger partial charge in [0.05, 0.1) is 122 Å². The van der Waals surface area contributed by atoms with Gasteiger partial charge in [-0.05, 0) is 177 Å². The first kappa shape index (κ1) is 98.4. The van der Waals surface area contributed by atoms with Crippen LogP contribution in [0, 0.1) is 17.0 Å². The number of methoxy groups -OCH3 is 2. The first-order valence-corrected chi connectivity index (χ1v) is 44.0. The highest BCUT2D eigenvalue weighted by Gasteiger charge is 2.48. The average molecular weight is 1850 g/mol. The first-order valence-electron chi connectivity index (χ1n) is 42.5. The molecule has 6 amide bonds. The van der Waals surface area contributed by atoms with Crippen molar-refractivity contribution in [2.45, 2.75) is 139 Å². The van der Waals surface area contributed by atoms with Gasteiger partial charge < -0.3 is 94.2 Å². The zero-order valence-electron chi connectivity index (χ0n) is 74.6. The molecule has 9 aromatic rings. The maximum atomic E-state index is 15.2. The first-order chi connectivity index (χ1) is 61.5. The molecule has 2 aliphatic heterocycles. The van der Waals surface area contributed by atoms with Crippen LogP contribution in [0.4, 0.5) is 0 Å². The van der Waals surface area contributed by atoms with Crippen molar-refractivity contribution >= 4 is 93.8 Å². The highest BCUT2D eigenvalue weighted by Crippen LogP contribution is 2.38. The summed E-state index contributed by atoms with van der Waals surface area (Å²) >= 11 is 25.8. The summed E-state index contributed by atoms with van der Waals surface area (Å²) in [5.41, 5.74) is 3.85. The third kappa shape index (κ3) is 25.9. The quantitative estimate of drug-likeness (QED) is 0.0153. The van der Waals surface area contributed by atoms with Crippen molar-refractivity contribution in [1.82, 2.24) is 79.7 Å². The van der Waals surface area contributed by atoms with Gasteiger partial charge in [0.1, 0.15) is 46.7 Å². The SMILES string of the molecule is COC[C@H](NC(=O)[C@H](C)NCc1ccc(Cl)cc1Oc1ccc(-c2cnc(CN(C)C)n2C)nc1)C(=O)N(C)[C@@]1(Cc2ccc(Cl)cc2)CCCN(C(=O)[C@@H](CC(=O)O)Cc2ccc(C[C@H](CC(=O)O)C(=O)N3CCC[C@](Cc4ccc(Cl)cc4)(N(C)C(=O)[C@H](COC)NC(=O)[C@H](C)NCc4ccc(Cl)cc4Oc4ccc(-c5cnc(CN(C)C)n5C)nc4)C3)[n+]([O-])c2)C1. The molecule has 5 aromatic heterocycles. The fourth-order valence-electron chi connectivity index (χ4n) is 16.6. The third-order valence-electron chi connectivity index (χ3n) is 23.7. The second-order valence-corrected chi connectivity index (χ2v) is 35.6. The van der Waals surface area contributed by atoms with Crippen molar-refractivity contribution in [2.75, 3.05) is 95.9 Å². The number of imidazole rings is 2. The predicted octanol–water partition coefficient (Wildman–Crippen LogP) is 10.2. The molecule has 4 aromatic carbocycles. The van der Waals surface area contributed by atoms with Crippen LogP contribution >= 0.6 is 46.4 Å². The molecule has 0 saturated carbocycles. The predicted molar refractivity (Wildman–Crippen MR) is 488 cm³/mol. The van der Waals surface area contributed by atoms with E-state index in [0.717, 1.165) is 34.2 Å². The second-order valence-electron chi connectivity index (χ2n) is 33.8. The van der Waals surface area contributed by atoms with Crippen molar-refractivity contribution in [1.29, 1.82) is 0 Å². The fourth-order valence-corrected chi connectivity index (χ4v) is 17.1. The van der Waals surface area contributed by atoms with Crippen LogP contribution in [0.2, 0.25) is 20.1 Å². The molecule has 0 radical (unpaired) electrons. The Hall–Kier alpha value is -11.2. The van der Waals surface area contributed by atoms with E-state index in [2.05, 4.69) is 41.2 Å². The molecule has 2 aliphatic rings. The number of carbonyl (C=O) groups excluding carboxylic acids is 6. The molecule has 2 saturated heterocycles. The lowest BCUT2D eigenvalue weighted by Crippen LogP contribution is -2.65. The van der Waals surface area contributed by atoms with E-state index >= 15 is 19.2 Å². The summed E-state index contributed by atoms with van der Waals surface area (Å²) < 4.78 is 28.3. The zero-order chi connectivity index (χ0) is 93.1. The Balaban J connectivity index is 0.744. The minimum atomic E-state index is -1.32. The normalized spacial score (nSPS) is 16.6. The van der Waals surface area contributed by atoms with Crippen molar-refractivity contribution in [3.8, 4) is 45.8 Å². The number of likely N-dealkylation sites (tertiary alicyclic amines) is 2. The Morgan fingerprint density at radius 3 is 1.29 bits per heavy atom. The number of aromatic nitrogens is 7. The van der Waals surface area contributed by atoms with Gasteiger partial charge in [0.15, 0.2) is 11.9 Å². The molecule has 0 unspecified atom stereocenters. The van der Waals surface area contributed by atoms with E-state index in [1.54, 1.807) is 126 Å². The van der Waals surface area contributed by atoms with Crippen LogP contribution in [-0.2, 0) is 114 Å². The van der Waals surface area contributed by atoms with Crippen LogP contribution in [0.5, 0.6) is 23.0 Å². The number of carboxylic acids is 2. The Morgan fingerprint density at radius 2 is 0.915 bits per heavy atom. The van der Waals surface area contributed by atoms with Crippen molar-refractivity contribution < 1.29 is 72.2 Å². The number of nitrogens with zero attached hydrogens (tertiary/aromatic N) is 13. The second kappa shape index (κ2) is 44.9. The topological polar surface area (TPSA) is 370 Å². The van der Waals surface area contributed by atoms with Gasteiger partial charge >= 0.3 is 11.9 Å². The number of carbonyl (C=O) groups is 8. The number of amides is 6. The van der Waals surface area contributed by atoms with E-state index in [-0.39, 0.29) is 89.4 Å². The number of likely N-dealkylation sites (N-methyl/N-ethyl adjacent to an activating group) is 2. The number of hydrogen-bond donors (Lipinski definition) is 6. The Kier molecular flexibility index (Phi) is 34.3. The van der Waals surface area contributed by atoms with Gasteiger partial charge in [0.25, 0.3) is 0 Å². The number of rotatable bonds is 42. The Morgan fingerprint density at radius 1 is 0.519 bits per heavy atom. The number of benzene rings is 4. The van der Waals surface area contributed by atoms with Crippen molar-refractivity contribution in [3.63, 3.8) is 0 Å². The molecule has 688 valence electrons. The molecule has 32 nitrogen and oxygen atoms in total. The standard InChI is InChI=1S/C93H113Cl4N17O15/c1-58(98-45-63-20-26-69(96)41-80(63)128-72-29-31-74(100-47-72)78-49-102-82(108(78)7)52-106(3)4)86(119)104-76(54-126-11)90(123)110(9)92(43-60-15-22-67(94)23-16-60)33-13-35-112(56-92)88(121)65(39-84(115)116)37-62-19-28-71(114(125)51-62)38-66(40-85(117)118)89(122)113-36-14-34-93(57-113,44-61-17-24-68(95)25-18-61)111(10)91(124)77(55-127-12)105-87(120)59(2)99-46-64-21-27-70(97)42-81(64)129-73-30-32-75(101-48-73)79-50-103-83(109(79)8)53-107(5)6/h15-32,41-42,47-51,58-59,65-66,76-77,98-99H,13-14,33-40,43-46,52-57H2,1-12H3,(H,104,119)(H,105,120)(H,115,116)(H,117,118)/t58-,59-,65+,66+,76-,77-,92+,93+/m0/s1. The van der Waals surface area contributed by atoms with Crippen LogP contribution < -0.4 is 35.5 Å². The molecular weight excluding hydrogens is 1740 g/mol. The van der Waals surface area contributed by atoms with Gasteiger partial charge in [-0.25, -0.2) is 9.97 Å². The van der Waals surface area contributed by atoms with E-state index < -0.39 is 107 Å².